The molecule has 22 heavy (non-hydrogen) atoms. The first kappa shape index (κ1) is 15.9. The molecule has 0 aromatic heterocycles. The molecular formula is C13H13F3N2O4. The number of ether oxygens (including phenoxy) is 2. The van der Waals surface area contributed by atoms with E-state index in [1.807, 2.05) is 0 Å². The minimum absolute atomic E-state index is 0.0486. The predicted molar refractivity (Wildman–Crippen MR) is 68.4 cm³/mol. The van der Waals surface area contributed by atoms with E-state index in [0.717, 1.165) is 0 Å². The molecule has 1 aromatic rings. The molecule has 1 heterocycles. The lowest BCUT2D eigenvalue weighted by Gasteiger charge is -2.25. The molecule has 0 spiro atoms. The summed E-state index contributed by atoms with van der Waals surface area (Å²) in [6.07, 6.45) is -5.46. The molecule has 9 heteroatoms. The van der Waals surface area contributed by atoms with Crippen LogP contribution in [0, 0.1) is 0 Å². The van der Waals surface area contributed by atoms with Crippen molar-refractivity contribution in [3.63, 3.8) is 0 Å². The molecule has 0 bridgehead atoms. The second-order valence-electron chi connectivity index (χ2n) is 4.47. The van der Waals surface area contributed by atoms with E-state index in [4.69, 9.17) is 9.47 Å². The quantitative estimate of drug-likeness (QED) is 0.853. The zero-order valence-electron chi connectivity index (χ0n) is 11.3. The van der Waals surface area contributed by atoms with Crippen molar-refractivity contribution >= 4 is 11.8 Å². The third-order valence-corrected chi connectivity index (χ3v) is 2.71. The molecule has 2 rings (SSSR count). The van der Waals surface area contributed by atoms with Crippen LogP contribution in [0.1, 0.15) is 0 Å². The Kier molecular flexibility index (Phi) is 4.74. The Morgan fingerprint density at radius 1 is 1.18 bits per heavy atom. The molecule has 1 atom stereocenters. The minimum Gasteiger partial charge on any atom is -0.485 e. The average Bonchev–Trinajstić information content (AvgIpc) is 2.49. The van der Waals surface area contributed by atoms with Crippen molar-refractivity contribution in [3.05, 3.63) is 24.3 Å². The number of halogens is 3. The van der Waals surface area contributed by atoms with Crippen LogP contribution in [0.25, 0.3) is 0 Å². The summed E-state index contributed by atoms with van der Waals surface area (Å²) in [4.78, 5) is 23.0. The molecule has 0 saturated carbocycles. The first-order valence-electron chi connectivity index (χ1n) is 6.35. The van der Waals surface area contributed by atoms with Gasteiger partial charge in [-0.2, -0.15) is 13.2 Å². The second kappa shape index (κ2) is 6.54. The summed E-state index contributed by atoms with van der Waals surface area (Å²) < 4.78 is 46.4. The fourth-order valence-corrected chi connectivity index (χ4v) is 1.69. The number of para-hydroxylation sites is 2. The molecule has 1 aliphatic rings. The summed E-state index contributed by atoms with van der Waals surface area (Å²) in [5, 5.41) is 3.84. The van der Waals surface area contributed by atoms with Crippen molar-refractivity contribution in [2.45, 2.75) is 12.3 Å². The van der Waals surface area contributed by atoms with E-state index in [-0.39, 0.29) is 6.61 Å². The van der Waals surface area contributed by atoms with Crippen LogP contribution >= 0.6 is 0 Å². The summed E-state index contributed by atoms with van der Waals surface area (Å²) in [6, 6.07) is 6.74. The minimum atomic E-state index is -4.50. The third kappa shape index (κ3) is 4.54. The molecular weight excluding hydrogens is 305 g/mol. The number of carbonyl (C=O) groups is 2. The Balaban J connectivity index is 1.78. The molecule has 2 amide bonds. The molecule has 6 nitrogen and oxygen atoms in total. The number of carbonyl (C=O) groups excluding carboxylic acids is 2. The SMILES string of the molecule is O=C(CNC(=O)[C@H]1COc2ccccc2O1)NCC(F)(F)F. The van der Waals surface area contributed by atoms with Gasteiger partial charge in [0.2, 0.25) is 12.0 Å². The molecule has 0 unspecified atom stereocenters. The van der Waals surface area contributed by atoms with E-state index in [1.54, 1.807) is 29.6 Å². The van der Waals surface area contributed by atoms with E-state index in [2.05, 4.69) is 5.32 Å². The topological polar surface area (TPSA) is 76.7 Å². The van der Waals surface area contributed by atoms with Crippen LogP contribution in [0.2, 0.25) is 0 Å². The lowest BCUT2D eigenvalue weighted by atomic mass is 10.2. The van der Waals surface area contributed by atoms with Crippen molar-refractivity contribution in [3.8, 4) is 11.5 Å². The Bertz CT molecular complexity index is 562. The standard InChI is InChI=1S/C13H13F3N2O4/c14-13(15,16)7-18-11(19)5-17-12(20)10-6-21-8-3-1-2-4-9(8)22-10/h1-4,10H,5-7H2,(H,17,20)(H,18,19)/t10-/m1/s1. The van der Waals surface area contributed by atoms with Gasteiger partial charge in [0.25, 0.3) is 5.91 Å². The van der Waals surface area contributed by atoms with Gasteiger partial charge in [-0.25, -0.2) is 0 Å². The van der Waals surface area contributed by atoms with Crippen LogP contribution < -0.4 is 20.1 Å². The van der Waals surface area contributed by atoms with Gasteiger partial charge in [0, 0.05) is 0 Å². The summed E-state index contributed by atoms with van der Waals surface area (Å²) in [6.45, 7) is -2.07. The van der Waals surface area contributed by atoms with E-state index >= 15 is 0 Å². The lowest BCUT2D eigenvalue weighted by molar-refractivity contribution is -0.139. The maximum absolute atomic E-state index is 11.9. The highest BCUT2D eigenvalue weighted by Crippen LogP contribution is 2.30. The summed E-state index contributed by atoms with van der Waals surface area (Å²) >= 11 is 0. The number of nitrogens with one attached hydrogen (secondary N) is 2. The number of hydrogen-bond donors (Lipinski definition) is 2. The molecule has 1 aromatic carbocycles. The van der Waals surface area contributed by atoms with Gasteiger partial charge < -0.3 is 20.1 Å². The summed E-state index contributed by atoms with van der Waals surface area (Å²) in [7, 11) is 0. The van der Waals surface area contributed by atoms with Crippen molar-refractivity contribution in [2.75, 3.05) is 19.7 Å². The van der Waals surface area contributed by atoms with Gasteiger partial charge in [0.1, 0.15) is 13.2 Å². The van der Waals surface area contributed by atoms with Crippen molar-refractivity contribution in [2.24, 2.45) is 0 Å². The second-order valence-corrected chi connectivity index (χ2v) is 4.47. The maximum atomic E-state index is 11.9. The third-order valence-electron chi connectivity index (χ3n) is 2.71. The van der Waals surface area contributed by atoms with Crippen molar-refractivity contribution in [1.82, 2.24) is 10.6 Å². The van der Waals surface area contributed by atoms with E-state index < -0.39 is 37.2 Å². The number of fused-ring (bicyclic) bond motifs is 1. The Morgan fingerprint density at radius 3 is 2.55 bits per heavy atom. The molecule has 120 valence electrons. The zero-order valence-corrected chi connectivity index (χ0v) is 11.3. The zero-order chi connectivity index (χ0) is 16.2. The highest BCUT2D eigenvalue weighted by atomic mass is 19.4. The Morgan fingerprint density at radius 2 is 1.86 bits per heavy atom. The first-order chi connectivity index (χ1) is 10.3. The number of hydrogen-bond acceptors (Lipinski definition) is 4. The van der Waals surface area contributed by atoms with Crippen LogP contribution in [-0.4, -0.2) is 43.8 Å². The normalized spacial score (nSPS) is 16.8. The molecule has 2 N–H and O–H groups in total. The van der Waals surface area contributed by atoms with Gasteiger partial charge in [-0.3, -0.25) is 9.59 Å². The van der Waals surface area contributed by atoms with Gasteiger partial charge in [0.05, 0.1) is 6.54 Å². The monoisotopic (exact) mass is 318 g/mol. The Labute approximate surface area is 123 Å². The number of alkyl halides is 3. The highest BCUT2D eigenvalue weighted by Gasteiger charge is 2.29. The van der Waals surface area contributed by atoms with Crippen LogP contribution in [-0.2, 0) is 9.59 Å². The van der Waals surface area contributed by atoms with Gasteiger partial charge in [-0.1, -0.05) is 12.1 Å². The fourth-order valence-electron chi connectivity index (χ4n) is 1.69. The largest absolute Gasteiger partial charge is 0.485 e. The van der Waals surface area contributed by atoms with Crippen molar-refractivity contribution in [1.29, 1.82) is 0 Å². The smallest absolute Gasteiger partial charge is 0.405 e. The van der Waals surface area contributed by atoms with E-state index in [9.17, 15) is 22.8 Å². The van der Waals surface area contributed by atoms with Crippen LogP contribution in [0.5, 0.6) is 11.5 Å². The van der Waals surface area contributed by atoms with Gasteiger partial charge in [-0.05, 0) is 12.1 Å². The number of amides is 2. The molecule has 0 radical (unpaired) electrons. The van der Waals surface area contributed by atoms with E-state index in [0.29, 0.717) is 11.5 Å². The average molecular weight is 318 g/mol. The molecule has 0 fully saturated rings. The highest BCUT2D eigenvalue weighted by molar-refractivity contribution is 5.87. The van der Waals surface area contributed by atoms with Gasteiger partial charge in [0.15, 0.2) is 11.5 Å². The van der Waals surface area contributed by atoms with Crippen LogP contribution in [0.3, 0.4) is 0 Å². The fraction of sp³-hybridized carbons (Fsp3) is 0.385. The number of rotatable bonds is 4. The van der Waals surface area contributed by atoms with Crippen LogP contribution in [0.15, 0.2) is 24.3 Å². The molecule has 0 aliphatic carbocycles. The van der Waals surface area contributed by atoms with Gasteiger partial charge >= 0.3 is 6.18 Å². The van der Waals surface area contributed by atoms with E-state index in [1.165, 1.54) is 0 Å². The molecule has 0 saturated heterocycles. The summed E-state index contributed by atoms with van der Waals surface area (Å²) in [5.41, 5.74) is 0. The Hall–Kier alpha value is -2.45. The lowest BCUT2D eigenvalue weighted by Crippen LogP contribution is -2.47. The first-order valence-corrected chi connectivity index (χ1v) is 6.35. The maximum Gasteiger partial charge on any atom is 0.405 e. The predicted octanol–water partition coefficient (Wildman–Crippen LogP) is 0.621. The number of benzene rings is 1. The summed E-state index contributed by atoms with van der Waals surface area (Å²) in [5.74, 6) is -0.704. The van der Waals surface area contributed by atoms with Crippen LogP contribution in [0.4, 0.5) is 13.2 Å². The molecule has 1 aliphatic heterocycles. The van der Waals surface area contributed by atoms with Gasteiger partial charge in [-0.15, -0.1) is 0 Å². The van der Waals surface area contributed by atoms with Crippen molar-refractivity contribution < 1.29 is 32.2 Å².